The molecule has 0 aliphatic carbocycles. The smallest absolute Gasteiger partial charge is 0.216 e. The number of aromatic nitrogens is 1. The molecule has 0 saturated carbocycles. The Morgan fingerprint density at radius 2 is 1.71 bits per heavy atom. The third-order valence-corrected chi connectivity index (χ3v) is 5.95. The predicted octanol–water partition coefficient (Wildman–Crippen LogP) is 6.54. The average molecular weight is 406 g/mol. The number of hydrogen-bond acceptors (Lipinski definition) is 2. The van der Waals surface area contributed by atoms with Crippen molar-refractivity contribution in [1.29, 1.82) is 5.26 Å². The van der Waals surface area contributed by atoms with E-state index in [4.69, 9.17) is 7.16 Å². The molecule has 5 rings (SSSR count). The minimum Gasteiger partial charge on any atom is -0.454 e. The van der Waals surface area contributed by atoms with E-state index >= 15 is 0 Å². The maximum absolute atomic E-state index is 9.86. The van der Waals surface area contributed by atoms with Gasteiger partial charge in [0.05, 0.1) is 19.9 Å². The van der Waals surface area contributed by atoms with E-state index in [1.54, 1.807) is 0 Å². The van der Waals surface area contributed by atoms with E-state index in [-0.39, 0.29) is 0 Å². The van der Waals surface area contributed by atoms with Gasteiger partial charge in [0.2, 0.25) is 5.69 Å². The zero-order chi connectivity index (χ0) is 23.4. The van der Waals surface area contributed by atoms with Gasteiger partial charge >= 0.3 is 0 Å². The third kappa shape index (κ3) is 2.92. The largest absolute Gasteiger partial charge is 0.454 e. The summed E-state index contributed by atoms with van der Waals surface area (Å²) < 4.78 is 25.7. The molecule has 3 nitrogen and oxygen atoms in total. The fourth-order valence-electron chi connectivity index (χ4n) is 4.32. The molecule has 150 valence electrons. The fourth-order valence-corrected chi connectivity index (χ4v) is 4.32. The SMILES string of the molecule is [2H]c1c(C)c([2H])c(-c2c(C)ccc3c2oc2c(-c4ccccc4)ccc(C#N)c23)[n+](C)c1C. The molecule has 2 heterocycles. The quantitative estimate of drug-likeness (QED) is 0.313. The zero-order valence-corrected chi connectivity index (χ0v) is 18.0. The Labute approximate surface area is 184 Å². The summed E-state index contributed by atoms with van der Waals surface area (Å²) in [5.41, 5.74) is 7.75. The Morgan fingerprint density at radius 1 is 0.935 bits per heavy atom. The fraction of sp³-hybridized carbons (Fsp3) is 0.143. The van der Waals surface area contributed by atoms with E-state index < -0.39 is 0 Å². The summed E-state index contributed by atoms with van der Waals surface area (Å²) in [6.45, 7) is 5.72. The van der Waals surface area contributed by atoms with Crippen LogP contribution in [0.1, 0.15) is 25.1 Å². The molecule has 0 fully saturated rings. The third-order valence-electron chi connectivity index (χ3n) is 5.95. The second-order valence-electron chi connectivity index (χ2n) is 7.95. The summed E-state index contributed by atoms with van der Waals surface area (Å²) in [6, 6.07) is 20.8. The van der Waals surface area contributed by atoms with Crippen molar-refractivity contribution in [1.82, 2.24) is 0 Å². The van der Waals surface area contributed by atoms with Crippen molar-refractivity contribution in [3.8, 4) is 28.5 Å². The molecule has 0 unspecified atom stereocenters. The van der Waals surface area contributed by atoms with Crippen molar-refractivity contribution in [3.05, 3.63) is 89.1 Å². The molecule has 2 aromatic heterocycles. The van der Waals surface area contributed by atoms with Crippen LogP contribution in [0.2, 0.25) is 0 Å². The van der Waals surface area contributed by atoms with Crippen LogP contribution in [-0.4, -0.2) is 0 Å². The first-order valence-corrected chi connectivity index (χ1v) is 10.3. The van der Waals surface area contributed by atoms with Crippen LogP contribution < -0.4 is 4.57 Å². The molecule has 0 N–H and O–H groups in total. The van der Waals surface area contributed by atoms with Crippen molar-refractivity contribution in [2.24, 2.45) is 7.05 Å². The number of hydrogen-bond donors (Lipinski definition) is 0. The molecule has 0 saturated heterocycles. The summed E-state index contributed by atoms with van der Waals surface area (Å²) in [6.07, 6.45) is 0. The monoisotopic (exact) mass is 405 g/mol. The standard InChI is InChI=1S/C28H23N2O/c1-17-14-19(3)30(4)24(15-17)25-18(2)10-12-23-26-21(16-29)11-13-22(27(26)31-28(23)25)20-8-6-5-7-9-20/h5-15H,1-4H3/q+1/i14D,15D. The lowest BCUT2D eigenvalue weighted by atomic mass is 9.96. The average Bonchev–Trinajstić information content (AvgIpc) is 3.22. The van der Waals surface area contributed by atoms with E-state index in [2.05, 4.69) is 6.07 Å². The number of benzene rings is 3. The molecule has 0 spiro atoms. The van der Waals surface area contributed by atoms with E-state index in [0.29, 0.717) is 40.1 Å². The molecule has 0 aliphatic heterocycles. The molecule has 0 amide bonds. The maximum Gasteiger partial charge on any atom is 0.216 e. The highest BCUT2D eigenvalue weighted by molar-refractivity contribution is 6.15. The molecule has 3 heteroatoms. The molecular formula is C28H23N2O+. The predicted molar refractivity (Wildman–Crippen MR) is 125 cm³/mol. The molecule has 3 aromatic carbocycles. The number of nitriles is 1. The van der Waals surface area contributed by atoms with Gasteiger partial charge in [0.1, 0.15) is 18.2 Å². The Kier molecular flexibility index (Phi) is 3.86. The molecule has 5 aromatic rings. The van der Waals surface area contributed by atoms with Crippen molar-refractivity contribution >= 4 is 21.9 Å². The van der Waals surface area contributed by atoms with Gasteiger partial charge in [-0.05, 0) is 42.7 Å². The lowest BCUT2D eigenvalue weighted by Gasteiger charge is -2.08. The van der Waals surface area contributed by atoms with Gasteiger partial charge in [-0.1, -0.05) is 42.5 Å². The van der Waals surface area contributed by atoms with Crippen molar-refractivity contribution in [2.75, 3.05) is 0 Å². The van der Waals surface area contributed by atoms with Gasteiger partial charge in [0.25, 0.3) is 0 Å². The molecule has 31 heavy (non-hydrogen) atoms. The number of aryl methyl sites for hydroxylation is 1. The summed E-state index contributed by atoms with van der Waals surface area (Å²) in [7, 11) is 1.89. The van der Waals surface area contributed by atoms with Crippen LogP contribution in [0.25, 0.3) is 44.3 Å². The normalized spacial score (nSPS) is 12.1. The Balaban J connectivity index is 1.97. The van der Waals surface area contributed by atoms with Crippen LogP contribution in [0, 0.1) is 32.1 Å². The highest BCUT2D eigenvalue weighted by Gasteiger charge is 2.24. The van der Waals surface area contributed by atoms with Gasteiger partial charge in [-0.25, -0.2) is 0 Å². The van der Waals surface area contributed by atoms with Gasteiger partial charge in [0, 0.05) is 35.3 Å². The first kappa shape index (κ1) is 16.8. The lowest BCUT2D eigenvalue weighted by molar-refractivity contribution is -0.666. The Hall–Kier alpha value is -3.90. The molecule has 0 aliphatic rings. The number of nitrogens with zero attached hydrogens (tertiary/aromatic N) is 2. The number of furan rings is 1. The van der Waals surface area contributed by atoms with E-state index in [1.807, 2.05) is 87.0 Å². The van der Waals surface area contributed by atoms with E-state index in [0.717, 1.165) is 38.7 Å². The number of fused-ring (bicyclic) bond motifs is 3. The minimum atomic E-state index is 0.313. The van der Waals surface area contributed by atoms with Gasteiger partial charge in [-0.15, -0.1) is 0 Å². The minimum absolute atomic E-state index is 0.313. The van der Waals surface area contributed by atoms with Crippen LogP contribution >= 0.6 is 0 Å². The van der Waals surface area contributed by atoms with Crippen molar-refractivity contribution in [2.45, 2.75) is 20.8 Å². The Bertz CT molecular complexity index is 1600. The summed E-state index contributed by atoms with van der Waals surface area (Å²) >= 11 is 0. The topological polar surface area (TPSA) is 40.8 Å². The number of pyridine rings is 1. The van der Waals surface area contributed by atoms with E-state index in [1.165, 1.54) is 0 Å². The molecule has 0 radical (unpaired) electrons. The molecule has 0 bridgehead atoms. The second-order valence-corrected chi connectivity index (χ2v) is 7.95. The summed E-state index contributed by atoms with van der Waals surface area (Å²) in [5.74, 6) is 0. The van der Waals surface area contributed by atoms with E-state index in [9.17, 15) is 5.26 Å². The Morgan fingerprint density at radius 3 is 2.45 bits per heavy atom. The molecular weight excluding hydrogens is 380 g/mol. The summed E-state index contributed by atoms with van der Waals surface area (Å²) in [4.78, 5) is 0. The lowest BCUT2D eigenvalue weighted by Crippen LogP contribution is -2.35. The van der Waals surface area contributed by atoms with Gasteiger partial charge < -0.3 is 4.42 Å². The van der Waals surface area contributed by atoms with Crippen molar-refractivity contribution < 1.29 is 11.7 Å². The maximum atomic E-state index is 9.86. The number of rotatable bonds is 2. The van der Waals surface area contributed by atoms with Crippen LogP contribution in [0.4, 0.5) is 0 Å². The van der Waals surface area contributed by atoms with Crippen LogP contribution in [0.5, 0.6) is 0 Å². The highest BCUT2D eigenvalue weighted by atomic mass is 16.3. The first-order valence-electron chi connectivity index (χ1n) is 11.3. The van der Waals surface area contributed by atoms with Crippen LogP contribution in [0.3, 0.4) is 0 Å². The second kappa shape index (κ2) is 7.11. The van der Waals surface area contributed by atoms with Gasteiger partial charge in [0.15, 0.2) is 5.69 Å². The zero-order valence-electron chi connectivity index (χ0n) is 20.0. The van der Waals surface area contributed by atoms with Crippen LogP contribution in [0.15, 0.2) is 71.1 Å². The van der Waals surface area contributed by atoms with Crippen LogP contribution in [-0.2, 0) is 7.05 Å². The van der Waals surface area contributed by atoms with Crippen molar-refractivity contribution in [3.63, 3.8) is 0 Å². The molecule has 0 atom stereocenters. The first-order chi connectivity index (χ1) is 15.8. The van der Waals surface area contributed by atoms with Gasteiger partial charge in [-0.2, -0.15) is 9.83 Å². The highest BCUT2D eigenvalue weighted by Crippen LogP contribution is 2.42. The summed E-state index contributed by atoms with van der Waals surface area (Å²) in [5, 5.41) is 11.5. The van der Waals surface area contributed by atoms with Gasteiger partial charge in [-0.3, -0.25) is 0 Å².